The predicted molar refractivity (Wildman–Crippen MR) is 108 cm³/mol. The van der Waals surface area contributed by atoms with E-state index in [0.717, 1.165) is 22.6 Å². The maximum atomic E-state index is 13.6. The van der Waals surface area contributed by atoms with Crippen LogP contribution in [0.1, 0.15) is 11.4 Å². The highest BCUT2D eigenvalue weighted by molar-refractivity contribution is 5.85. The van der Waals surface area contributed by atoms with Crippen LogP contribution >= 0.6 is 12.4 Å². The molecule has 0 N–H and O–H groups in total. The smallest absolute Gasteiger partial charge is 0.139 e. The Morgan fingerprint density at radius 2 is 1.81 bits per heavy atom. The second-order valence-electron chi connectivity index (χ2n) is 5.73. The SMILES string of the molecule is COc1ccc(C=Cc2nc3cc(F)ccc3n2-c2ccccn2)cc1.Cl. The normalized spacial score (nSPS) is 10.9. The summed E-state index contributed by atoms with van der Waals surface area (Å²) >= 11 is 0. The molecule has 0 atom stereocenters. The van der Waals surface area contributed by atoms with E-state index in [0.29, 0.717) is 11.3 Å². The van der Waals surface area contributed by atoms with Crippen LogP contribution in [0.3, 0.4) is 0 Å². The molecule has 0 saturated heterocycles. The molecule has 2 aromatic carbocycles. The van der Waals surface area contributed by atoms with Crippen LogP contribution in [0.2, 0.25) is 0 Å². The summed E-state index contributed by atoms with van der Waals surface area (Å²) in [6, 6.07) is 18.0. The fourth-order valence-corrected chi connectivity index (χ4v) is 2.80. The van der Waals surface area contributed by atoms with Crippen molar-refractivity contribution in [3.63, 3.8) is 0 Å². The van der Waals surface area contributed by atoms with E-state index in [4.69, 9.17) is 4.74 Å². The first-order valence-electron chi connectivity index (χ1n) is 8.16. The Kier molecular flexibility index (Phi) is 5.52. The predicted octanol–water partition coefficient (Wildman–Crippen LogP) is 5.16. The number of aromatic nitrogens is 3. The number of methoxy groups -OCH3 is 1. The van der Waals surface area contributed by atoms with E-state index in [-0.39, 0.29) is 18.2 Å². The van der Waals surface area contributed by atoms with Crippen molar-refractivity contribution in [2.24, 2.45) is 0 Å². The summed E-state index contributed by atoms with van der Waals surface area (Å²) in [7, 11) is 1.64. The second kappa shape index (κ2) is 8.01. The number of ether oxygens (including phenoxy) is 1. The van der Waals surface area contributed by atoms with Gasteiger partial charge in [0.2, 0.25) is 0 Å². The fraction of sp³-hybridized carbons (Fsp3) is 0.0476. The monoisotopic (exact) mass is 381 g/mol. The summed E-state index contributed by atoms with van der Waals surface area (Å²) in [6.07, 6.45) is 5.58. The van der Waals surface area contributed by atoms with Gasteiger partial charge in [-0.3, -0.25) is 4.57 Å². The summed E-state index contributed by atoms with van der Waals surface area (Å²) in [5.74, 6) is 1.91. The van der Waals surface area contributed by atoms with Crippen molar-refractivity contribution in [1.29, 1.82) is 0 Å². The molecule has 4 nitrogen and oxygen atoms in total. The minimum absolute atomic E-state index is 0. The first-order valence-corrected chi connectivity index (χ1v) is 8.16. The van der Waals surface area contributed by atoms with Crippen molar-refractivity contribution in [2.45, 2.75) is 0 Å². The molecule has 0 aliphatic heterocycles. The molecule has 6 heteroatoms. The van der Waals surface area contributed by atoms with Gasteiger partial charge in [0.25, 0.3) is 0 Å². The number of halogens is 2. The van der Waals surface area contributed by atoms with Crippen LogP contribution in [-0.4, -0.2) is 21.6 Å². The van der Waals surface area contributed by atoms with Crippen LogP contribution in [0, 0.1) is 5.82 Å². The topological polar surface area (TPSA) is 39.9 Å². The molecule has 0 aliphatic carbocycles. The van der Waals surface area contributed by atoms with E-state index in [1.165, 1.54) is 12.1 Å². The Morgan fingerprint density at radius 3 is 2.52 bits per heavy atom. The lowest BCUT2D eigenvalue weighted by Gasteiger charge is -2.05. The van der Waals surface area contributed by atoms with Crippen molar-refractivity contribution < 1.29 is 9.13 Å². The first-order chi connectivity index (χ1) is 12.7. The summed E-state index contributed by atoms with van der Waals surface area (Å²) in [6.45, 7) is 0. The van der Waals surface area contributed by atoms with Crippen LogP contribution in [-0.2, 0) is 0 Å². The van der Waals surface area contributed by atoms with Crippen LogP contribution < -0.4 is 4.74 Å². The van der Waals surface area contributed by atoms with Gasteiger partial charge in [-0.2, -0.15) is 0 Å². The van der Waals surface area contributed by atoms with Crippen molar-refractivity contribution in [3.05, 3.63) is 84.1 Å². The van der Waals surface area contributed by atoms with E-state index in [2.05, 4.69) is 9.97 Å². The molecule has 0 amide bonds. The maximum Gasteiger partial charge on any atom is 0.139 e. The van der Waals surface area contributed by atoms with E-state index in [9.17, 15) is 4.39 Å². The zero-order valence-electron chi connectivity index (χ0n) is 14.5. The highest BCUT2D eigenvalue weighted by Crippen LogP contribution is 2.23. The lowest BCUT2D eigenvalue weighted by atomic mass is 10.2. The Morgan fingerprint density at radius 1 is 1.00 bits per heavy atom. The molecule has 27 heavy (non-hydrogen) atoms. The van der Waals surface area contributed by atoms with E-state index >= 15 is 0 Å². The summed E-state index contributed by atoms with van der Waals surface area (Å²) in [4.78, 5) is 8.98. The van der Waals surface area contributed by atoms with Gasteiger partial charge in [-0.05, 0) is 48.0 Å². The Labute approximate surface area is 162 Å². The third kappa shape index (κ3) is 3.83. The lowest BCUT2D eigenvalue weighted by Crippen LogP contribution is -1.99. The molecule has 0 saturated carbocycles. The molecule has 0 bridgehead atoms. The largest absolute Gasteiger partial charge is 0.497 e. The zero-order chi connectivity index (χ0) is 17.9. The van der Waals surface area contributed by atoms with Crippen molar-refractivity contribution >= 4 is 35.6 Å². The van der Waals surface area contributed by atoms with E-state index < -0.39 is 0 Å². The van der Waals surface area contributed by atoms with Gasteiger partial charge in [0.1, 0.15) is 23.2 Å². The van der Waals surface area contributed by atoms with Gasteiger partial charge in [-0.15, -0.1) is 12.4 Å². The quantitative estimate of drug-likeness (QED) is 0.490. The molecular formula is C21H17ClFN3O. The number of hydrogen-bond donors (Lipinski definition) is 0. The number of pyridine rings is 1. The van der Waals surface area contributed by atoms with Crippen LogP contribution in [0.5, 0.6) is 5.75 Å². The maximum absolute atomic E-state index is 13.6. The lowest BCUT2D eigenvalue weighted by molar-refractivity contribution is 0.415. The van der Waals surface area contributed by atoms with Gasteiger partial charge in [0, 0.05) is 12.3 Å². The molecule has 0 fully saturated rings. The number of fused-ring (bicyclic) bond motifs is 1. The Bertz CT molecular complexity index is 1080. The highest BCUT2D eigenvalue weighted by atomic mass is 35.5. The van der Waals surface area contributed by atoms with E-state index in [1.807, 2.05) is 59.2 Å². The number of rotatable bonds is 4. The van der Waals surface area contributed by atoms with Gasteiger partial charge in [-0.25, -0.2) is 14.4 Å². The van der Waals surface area contributed by atoms with Crippen LogP contribution in [0.25, 0.3) is 29.0 Å². The molecule has 136 valence electrons. The minimum atomic E-state index is -0.311. The van der Waals surface area contributed by atoms with Gasteiger partial charge in [0.15, 0.2) is 0 Å². The van der Waals surface area contributed by atoms with Gasteiger partial charge in [0.05, 0.1) is 18.1 Å². The molecule has 4 rings (SSSR count). The molecule has 0 unspecified atom stereocenters. The molecule has 0 radical (unpaired) electrons. The third-order valence-corrected chi connectivity index (χ3v) is 4.06. The average molecular weight is 382 g/mol. The molecule has 2 aromatic heterocycles. The number of benzene rings is 2. The van der Waals surface area contributed by atoms with Gasteiger partial charge < -0.3 is 4.74 Å². The minimum Gasteiger partial charge on any atom is -0.497 e. The molecule has 2 heterocycles. The van der Waals surface area contributed by atoms with Crippen LogP contribution in [0.15, 0.2) is 66.9 Å². The number of imidazole rings is 1. The number of nitrogens with zero attached hydrogens (tertiary/aromatic N) is 3. The fourth-order valence-electron chi connectivity index (χ4n) is 2.80. The first kappa shape index (κ1) is 18.6. The molecular weight excluding hydrogens is 365 g/mol. The number of hydrogen-bond acceptors (Lipinski definition) is 3. The van der Waals surface area contributed by atoms with Gasteiger partial charge >= 0.3 is 0 Å². The second-order valence-corrected chi connectivity index (χ2v) is 5.73. The summed E-state index contributed by atoms with van der Waals surface area (Å²) < 4.78 is 20.7. The third-order valence-electron chi connectivity index (χ3n) is 4.06. The molecule has 4 aromatic rings. The molecule has 0 aliphatic rings. The zero-order valence-corrected chi connectivity index (χ0v) is 15.4. The standard InChI is InChI=1S/C21H16FN3O.ClH/c1-26-17-9-5-15(6-10-17)7-12-21-24-18-14-16(22)8-11-19(18)25(21)20-4-2-3-13-23-20;/h2-14H,1H3;1H. The highest BCUT2D eigenvalue weighted by Gasteiger charge is 2.12. The summed E-state index contributed by atoms with van der Waals surface area (Å²) in [5, 5.41) is 0. The van der Waals surface area contributed by atoms with Crippen LogP contribution in [0.4, 0.5) is 4.39 Å². The van der Waals surface area contributed by atoms with Gasteiger partial charge in [-0.1, -0.05) is 24.3 Å². The molecule has 0 spiro atoms. The average Bonchev–Trinajstić information content (AvgIpc) is 3.04. The van der Waals surface area contributed by atoms with Crippen molar-refractivity contribution in [1.82, 2.24) is 14.5 Å². The van der Waals surface area contributed by atoms with Crippen molar-refractivity contribution in [2.75, 3.05) is 7.11 Å². The van der Waals surface area contributed by atoms with E-state index in [1.54, 1.807) is 19.4 Å². The Hall–Kier alpha value is -3.18. The Balaban J connectivity index is 0.00000210. The summed E-state index contributed by atoms with van der Waals surface area (Å²) in [5.41, 5.74) is 2.40. The van der Waals surface area contributed by atoms with Crippen molar-refractivity contribution in [3.8, 4) is 11.6 Å².